The van der Waals surface area contributed by atoms with Crippen LogP contribution in [-0.2, 0) is 0 Å². The lowest BCUT2D eigenvalue weighted by molar-refractivity contribution is 1.07. The minimum Gasteiger partial charge on any atom is -0.208 e. The average Bonchev–Trinajstić information content (AvgIpc) is 3.81. The number of rotatable bonds is 7. The van der Waals surface area contributed by atoms with Crippen molar-refractivity contribution < 1.29 is 0 Å². The van der Waals surface area contributed by atoms with Gasteiger partial charge in [-0.05, 0) is 94.8 Å². The number of fused-ring (bicyclic) bond motifs is 5. The highest BCUT2D eigenvalue weighted by atomic mass is 32.1. The van der Waals surface area contributed by atoms with E-state index in [1.54, 1.807) is 0 Å². The molecule has 0 aliphatic carbocycles. The molecule has 0 fully saturated rings. The first kappa shape index (κ1) is 36.8. The van der Waals surface area contributed by atoms with Gasteiger partial charge in [0.15, 0.2) is 17.5 Å². The summed E-state index contributed by atoms with van der Waals surface area (Å²) < 4.78 is 1.28. The number of hydrogen-bond acceptors (Lipinski definition) is 4. The van der Waals surface area contributed by atoms with Crippen LogP contribution in [0.1, 0.15) is 0 Å². The Balaban J connectivity index is 0.916. The van der Waals surface area contributed by atoms with Gasteiger partial charge in [-0.3, -0.25) is 0 Å². The highest BCUT2D eigenvalue weighted by Gasteiger charge is 2.17. The molecule has 0 saturated heterocycles. The Kier molecular flexibility index (Phi) is 9.02. The molecule has 0 radical (unpaired) electrons. The monoisotopic (exact) mass is 819 g/mol. The lowest BCUT2D eigenvalue weighted by Crippen LogP contribution is -2.01. The maximum absolute atomic E-state index is 5.17. The van der Waals surface area contributed by atoms with Gasteiger partial charge in [-0.25, -0.2) is 15.0 Å². The molecule has 0 spiro atoms. The smallest absolute Gasteiger partial charge is 0.164 e. The van der Waals surface area contributed by atoms with E-state index in [1.807, 2.05) is 17.4 Å². The molecule has 0 amide bonds. The Labute approximate surface area is 369 Å². The van der Waals surface area contributed by atoms with Crippen molar-refractivity contribution in [1.82, 2.24) is 15.0 Å². The molecule has 4 heteroatoms. The lowest BCUT2D eigenvalue weighted by Gasteiger charge is -2.14. The second-order valence-corrected chi connectivity index (χ2v) is 17.0. The van der Waals surface area contributed by atoms with Crippen molar-refractivity contribution >= 4 is 53.7 Å². The zero-order chi connectivity index (χ0) is 41.7. The van der Waals surface area contributed by atoms with E-state index >= 15 is 0 Å². The number of benzene rings is 10. The molecule has 0 aliphatic heterocycles. The maximum atomic E-state index is 5.17. The molecule has 294 valence electrons. The minimum absolute atomic E-state index is 0.628. The molecule has 0 saturated carbocycles. The predicted molar refractivity (Wildman–Crippen MR) is 266 cm³/mol. The zero-order valence-corrected chi connectivity index (χ0v) is 34.9. The largest absolute Gasteiger partial charge is 0.208 e. The molecule has 2 heterocycles. The minimum atomic E-state index is 0.628. The van der Waals surface area contributed by atoms with Crippen molar-refractivity contribution in [1.29, 1.82) is 0 Å². The van der Waals surface area contributed by atoms with Crippen LogP contribution in [-0.4, -0.2) is 15.0 Å². The van der Waals surface area contributed by atoms with Crippen molar-refractivity contribution in [2.45, 2.75) is 0 Å². The van der Waals surface area contributed by atoms with E-state index in [1.165, 1.54) is 64.0 Å². The summed E-state index contributed by atoms with van der Waals surface area (Å²) in [6, 6.07) is 80.1. The molecule has 0 atom stereocenters. The van der Waals surface area contributed by atoms with Gasteiger partial charge < -0.3 is 0 Å². The summed E-state index contributed by atoms with van der Waals surface area (Å²) >= 11 is 1.81. The van der Waals surface area contributed by atoms with Crippen molar-refractivity contribution in [2.75, 3.05) is 0 Å². The van der Waals surface area contributed by atoms with Crippen LogP contribution in [0.3, 0.4) is 0 Å². The third kappa shape index (κ3) is 6.74. The van der Waals surface area contributed by atoms with Gasteiger partial charge in [0.2, 0.25) is 0 Å². The topological polar surface area (TPSA) is 38.7 Å². The van der Waals surface area contributed by atoms with E-state index in [9.17, 15) is 0 Å². The van der Waals surface area contributed by atoms with E-state index in [2.05, 4.69) is 218 Å². The van der Waals surface area contributed by atoms with Crippen LogP contribution in [0.25, 0.3) is 120 Å². The van der Waals surface area contributed by atoms with Crippen molar-refractivity contribution in [2.24, 2.45) is 0 Å². The van der Waals surface area contributed by atoms with Gasteiger partial charge >= 0.3 is 0 Å². The second-order valence-electron chi connectivity index (χ2n) is 16.0. The third-order valence-corrected chi connectivity index (χ3v) is 13.3. The fourth-order valence-electron chi connectivity index (χ4n) is 8.98. The number of aromatic nitrogens is 3. The van der Waals surface area contributed by atoms with Crippen LogP contribution < -0.4 is 0 Å². The van der Waals surface area contributed by atoms with Gasteiger partial charge in [0, 0.05) is 26.3 Å². The van der Waals surface area contributed by atoms with Crippen LogP contribution in [0, 0.1) is 0 Å². The average molecular weight is 820 g/mol. The predicted octanol–water partition coefficient (Wildman–Crippen LogP) is 16.2. The number of nitrogens with zero attached hydrogens (tertiary/aromatic N) is 3. The fourth-order valence-corrected chi connectivity index (χ4v) is 10.1. The summed E-state index contributed by atoms with van der Waals surface area (Å²) in [6.07, 6.45) is 0. The van der Waals surface area contributed by atoms with Crippen molar-refractivity contribution in [3.05, 3.63) is 224 Å². The lowest BCUT2D eigenvalue weighted by atomic mass is 9.89. The van der Waals surface area contributed by atoms with Gasteiger partial charge in [-0.1, -0.05) is 206 Å². The molecule has 2 aromatic heterocycles. The Morgan fingerprint density at radius 1 is 0.270 bits per heavy atom. The van der Waals surface area contributed by atoms with E-state index in [-0.39, 0.29) is 0 Å². The molecule has 12 aromatic rings. The Bertz CT molecular complexity index is 3620. The van der Waals surface area contributed by atoms with E-state index in [0.717, 1.165) is 38.9 Å². The molecule has 0 aliphatic rings. The molecular formula is C59H37N3S. The Hall–Kier alpha value is -8.05. The first-order valence-electron chi connectivity index (χ1n) is 21.2. The van der Waals surface area contributed by atoms with Crippen molar-refractivity contribution in [3.8, 4) is 78.0 Å². The standard InChI is InChI=1S/C59H37N3S/c1-2-12-40(13-3-1)48-17-9-10-20-52(48)59-61-57(60-58(62-59)45-32-26-42(27-33-45)55-37-47-16-6-11-21-54(47)63-55)44-30-24-39(25-31-44)38-22-28-43(29-23-38)56-50-19-8-5-15-46(50)36-53-49-18-7-4-14-41(49)34-35-51(53)56/h1-37H. The van der Waals surface area contributed by atoms with E-state index in [0.29, 0.717) is 17.5 Å². The summed E-state index contributed by atoms with van der Waals surface area (Å²) in [7, 11) is 0. The zero-order valence-electron chi connectivity index (χ0n) is 34.1. The first-order valence-corrected chi connectivity index (χ1v) is 22.1. The summed E-state index contributed by atoms with van der Waals surface area (Å²) in [4.78, 5) is 16.7. The highest BCUT2D eigenvalue weighted by molar-refractivity contribution is 7.22. The SMILES string of the molecule is c1ccc(-c2ccccc2-c2nc(-c3ccc(-c4ccc(-c5c6ccccc6cc6c5ccc5ccccc56)cc4)cc3)nc(-c3ccc(-c4cc5ccccc5s4)cc3)n2)cc1. The summed E-state index contributed by atoms with van der Waals surface area (Å²) in [5.41, 5.74) is 10.9. The summed E-state index contributed by atoms with van der Waals surface area (Å²) in [6.45, 7) is 0. The van der Waals surface area contributed by atoms with Crippen LogP contribution >= 0.6 is 11.3 Å². The third-order valence-electron chi connectivity index (χ3n) is 12.2. The molecular weight excluding hydrogens is 783 g/mol. The van der Waals surface area contributed by atoms with E-state index < -0.39 is 0 Å². The molecule has 3 nitrogen and oxygen atoms in total. The molecule has 12 rings (SSSR count). The van der Waals surface area contributed by atoms with E-state index in [4.69, 9.17) is 15.0 Å². The fraction of sp³-hybridized carbons (Fsp3) is 0. The first-order chi connectivity index (χ1) is 31.2. The van der Waals surface area contributed by atoms with Gasteiger partial charge in [-0.15, -0.1) is 11.3 Å². The highest BCUT2D eigenvalue weighted by Crippen LogP contribution is 2.41. The summed E-state index contributed by atoms with van der Waals surface area (Å²) in [5.74, 6) is 1.90. The molecule has 63 heavy (non-hydrogen) atoms. The molecule has 0 N–H and O–H groups in total. The normalized spacial score (nSPS) is 11.5. The second kappa shape index (κ2) is 15.4. The van der Waals surface area contributed by atoms with Crippen LogP contribution in [0.15, 0.2) is 224 Å². The van der Waals surface area contributed by atoms with Gasteiger partial charge in [0.25, 0.3) is 0 Å². The van der Waals surface area contributed by atoms with Crippen LogP contribution in [0.4, 0.5) is 0 Å². The van der Waals surface area contributed by atoms with Gasteiger partial charge in [-0.2, -0.15) is 0 Å². The maximum Gasteiger partial charge on any atom is 0.164 e. The summed E-state index contributed by atoms with van der Waals surface area (Å²) in [5, 5.41) is 8.83. The molecule has 0 unspecified atom stereocenters. The number of hydrogen-bond donors (Lipinski definition) is 0. The van der Waals surface area contributed by atoms with Gasteiger partial charge in [0.1, 0.15) is 0 Å². The number of thiophene rings is 1. The van der Waals surface area contributed by atoms with Crippen molar-refractivity contribution in [3.63, 3.8) is 0 Å². The van der Waals surface area contributed by atoms with Crippen LogP contribution in [0.5, 0.6) is 0 Å². The Morgan fingerprint density at radius 3 is 1.49 bits per heavy atom. The van der Waals surface area contributed by atoms with Gasteiger partial charge in [0.05, 0.1) is 0 Å². The Morgan fingerprint density at radius 2 is 0.794 bits per heavy atom. The van der Waals surface area contributed by atoms with Crippen LogP contribution in [0.2, 0.25) is 0 Å². The molecule has 0 bridgehead atoms. The molecule has 10 aromatic carbocycles. The quantitative estimate of drug-likeness (QED) is 0.119.